The molecule has 0 spiro atoms. The van der Waals surface area contributed by atoms with Crippen LogP contribution in [-0.2, 0) is 11.2 Å². The van der Waals surface area contributed by atoms with E-state index in [0.29, 0.717) is 23.4 Å². The number of hydrogen-bond acceptors (Lipinski definition) is 1. The Bertz CT molecular complexity index is 385. The van der Waals surface area contributed by atoms with Gasteiger partial charge in [0.1, 0.15) is 11.6 Å². The van der Waals surface area contributed by atoms with Crippen molar-refractivity contribution in [2.75, 3.05) is 0 Å². The molecule has 1 fully saturated rings. The quantitative estimate of drug-likeness (QED) is 0.769. The molecule has 0 aliphatic heterocycles. The molecule has 1 saturated carbocycles. The van der Waals surface area contributed by atoms with Gasteiger partial charge in [-0.2, -0.15) is 0 Å². The summed E-state index contributed by atoms with van der Waals surface area (Å²) in [5.74, 6) is 0.218. The van der Waals surface area contributed by atoms with Crippen molar-refractivity contribution in [2.24, 2.45) is 5.92 Å². The van der Waals surface area contributed by atoms with Gasteiger partial charge < -0.3 is 0 Å². The summed E-state index contributed by atoms with van der Waals surface area (Å²) in [6, 6.07) is 4.60. The molecule has 0 unspecified atom stereocenters. The van der Waals surface area contributed by atoms with Gasteiger partial charge in [-0.05, 0) is 37.0 Å². The number of Topliss-reactive ketones (excluding diaryl/α,β-unsaturated/α-hetero) is 1. The van der Waals surface area contributed by atoms with Gasteiger partial charge in [0, 0.05) is 17.4 Å². The highest BCUT2D eigenvalue weighted by Crippen LogP contribution is 2.31. The van der Waals surface area contributed by atoms with Crippen molar-refractivity contribution < 1.29 is 9.18 Å². The SMILES string of the molecule is O=C(CCc1ccc(Cl)cc1F)C1CC1. The molecule has 0 saturated heterocycles. The lowest BCUT2D eigenvalue weighted by Gasteiger charge is -2.02. The van der Waals surface area contributed by atoms with E-state index < -0.39 is 0 Å². The maximum Gasteiger partial charge on any atom is 0.136 e. The van der Waals surface area contributed by atoms with Crippen LogP contribution in [0.2, 0.25) is 5.02 Å². The zero-order valence-electron chi connectivity index (χ0n) is 8.30. The average Bonchev–Trinajstić information content (AvgIpc) is 2.99. The van der Waals surface area contributed by atoms with Gasteiger partial charge in [0.2, 0.25) is 0 Å². The second-order valence-corrected chi connectivity index (χ2v) is 4.41. The standard InChI is InChI=1S/C12H12ClFO/c13-10-5-3-8(11(14)7-10)4-6-12(15)9-1-2-9/h3,5,7,9H,1-2,4,6H2. The van der Waals surface area contributed by atoms with Crippen molar-refractivity contribution in [2.45, 2.75) is 25.7 Å². The minimum absolute atomic E-state index is 0.264. The van der Waals surface area contributed by atoms with Gasteiger partial charge in [-0.15, -0.1) is 0 Å². The molecule has 1 aromatic rings. The van der Waals surface area contributed by atoms with Crippen LogP contribution in [0.1, 0.15) is 24.8 Å². The number of carbonyl (C=O) groups is 1. The fourth-order valence-corrected chi connectivity index (χ4v) is 1.75. The van der Waals surface area contributed by atoms with Gasteiger partial charge in [0.25, 0.3) is 0 Å². The second-order valence-electron chi connectivity index (χ2n) is 3.98. The predicted molar refractivity (Wildman–Crippen MR) is 57.5 cm³/mol. The van der Waals surface area contributed by atoms with Crippen LogP contribution in [0.5, 0.6) is 0 Å². The Hall–Kier alpha value is -0.890. The van der Waals surface area contributed by atoms with E-state index in [9.17, 15) is 9.18 Å². The number of benzene rings is 1. The molecule has 0 N–H and O–H groups in total. The van der Waals surface area contributed by atoms with Crippen molar-refractivity contribution in [3.05, 3.63) is 34.6 Å². The summed E-state index contributed by atoms with van der Waals surface area (Å²) in [6.45, 7) is 0. The Morgan fingerprint density at radius 1 is 1.47 bits per heavy atom. The lowest BCUT2D eigenvalue weighted by atomic mass is 10.1. The van der Waals surface area contributed by atoms with Crippen molar-refractivity contribution in [3.63, 3.8) is 0 Å². The van der Waals surface area contributed by atoms with Crippen LogP contribution in [0.4, 0.5) is 4.39 Å². The number of carbonyl (C=O) groups excluding carboxylic acids is 1. The third-order valence-corrected chi connectivity index (χ3v) is 2.92. The van der Waals surface area contributed by atoms with E-state index in [2.05, 4.69) is 0 Å². The average molecular weight is 227 g/mol. The largest absolute Gasteiger partial charge is 0.299 e. The first-order valence-corrected chi connectivity index (χ1v) is 5.51. The summed E-state index contributed by atoms with van der Waals surface area (Å²) >= 11 is 5.63. The topological polar surface area (TPSA) is 17.1 Å². The molecule has 3 heteroatoms. The van der Waals surface area contributed by atoms with E-state index in [-0.39, 0.29) is 17.5 Å². The number of rotatable bonds is 4. The molecular weight excluding hydrogens is 215 g/mol. The van der Waals surface area contributed by atoms with Crippen LogP contribution in [0.25, 0.3) is 0 Å². The summed E-state index contributed by atoms with van der Waals surface area (Å²) < 4.78 is 13.3. The highest BCUT2D eigenvalue weighted by molar-refractivity contribution is 6.30. The summed E-state index contributed by atoms with van der Waals surface area (Å²) in [4.78, 5) is 11.4. The first kappa shape index (κ1) is 10.6. The van der Waals surface area contributed by atoms with Crippen molar-refractivity contribution in [3.8, 4) is 0 Å². The fourth-order valence-electron chi connectivity index (χ4n) is 1.59. The van der Waals surface area contributed by atoms with Crippen LogP contribution in [0, 0.1) is 11.7 Å². The highest BCUT2D eigenvalue weighted by atomic mass is 35.5. The summed E-state index contributed by atoms with van der Waals surface area (Å²) in [6.07, 6.45) is 2.96. The zero-order chi connectivity index (χ0) is 10.8. The van der Waals surface area contributed by atoms with E-state index in [0.717, 1.165) is 12.8 Å². The maximum absolute atomic E-state index is 13.3. The Labute approximate surface area is 93.2 Å². The van der Waals surface area contributed by atoms with Crippen LogP contribution < -0.4 is 0 Å². The highest BCUT2D eigenvalue weighted by Gasteiger charge is 2.28. The van der Waals surface area contributed by atoms with Crippen LogP contribution >= 0.6 is 11.6 Å². The Balaban J connectivity index is 1.95. The van der Waals surface area contributed by atoms with Crippen molar-refractivity contribution >= 4 is 17.4 Å². The maximum atomic E-state index is 13.3. The summed E-state index contributed by atoms with van der Waals surface area (Å²) in [5.41, 5.74) is 0.577. The van der Waals surface area contributed by atoms with Gasteiger partial charge in [-0.1, -0.05) is 17.7 Å². The molecule has 80 valence electrons. The minimum Gasteiger partial charge on any atom is -0.299 e. The molecule has 0 atom stereocenters. The summed E-state index contributed by atoms with van der Waals surface area (Å²) in [7, 11) is 0. The van der Waals surface area contributed by atoms with Crippen LogP contribution in [0.3, 0.4) is 0 Å². The van der Waals surface area contributed by atoms with Crippen LogP contribution in [-0.4, -0.2) is 5.78 Å². The number of ketones is 1. The van der Waals surface area contributed by atoms with E-state index >= 15 is 0 Å². The molecule has 0 bridgehead atoms. The normalized spacial score (nSPS) is 15.3. The molecular formula is C12H12ClFO. The minimum atomic E-state index is -0.314. The smallest absolute Gasteiger partial charge is 0.136 e. The van der Waals surface area contributed by atoms with Gasteiger partial charge in [0.05, 0.1) is 0 Å². The van der Waals surface area contributed by atoms with Gasteiger partial charge in [0.15, 0.2) is 0 Å². The van der Waals surface area contributed by atoms with Crippen molar-refractivity contribution in [1.82, 2.24) is 0 Å². The predicted octanol–water partition coefficient (Wildman–Crippen LogP) is 3.39. The molecule has 0 radical (unpaired) electrons. The third-order valence-electron chi connectivity index (χ3n) is 2.69. The van der Waals surface area contributed by atoms with E-state index in [4.69, 9.17) is 11.6 Å². The monoisotopic (exact) mass is 226 g/mol. The Kier molecular flexibility index (Phi) is 3.06. The third kappa shape index (κ3) is 2.78. The van der Waals surface area contributed by atoms with Gasteiger partial charge in [-0.25, -0.2) is 4.39 Å². The van der Waals surface area contributed by atoms with E-state index in [1.54, 1.807) is 12.1 Å². The molecule has 0 amide bonds. The molecule has 0 heterocycles. The lowest BCUT2D eigenvalue weighted by molar-refractivity contribution is -0.120. The Morgan fingerprint density at radius 3 is 2.80 bits per heavy atom. The molecule has 1 nitrogen and oxygen atoms in total. The number of aryl methyl sites for hydroxylation is 1. The zero-order valence-corrected chi connectivity index (χ0v) is 9.06. The molecule has 1 aliphatic carbocycles. The van der Waals surface area contributed by atoms with Crippen molar-refractivity contribution in [1.29, 1.82) is 0 Å². The lowest BCUT2D eigenvalue weighted by Crippen LogP contribution is -2.03. The van der Waals surface area contributed by atoms with Gasteiger partial charge in [-0.3, -0.25) is 4.79 Å². The van der Waals surface area contributed by atoms with Crippen LogP contribution in [0.15, 0.2) is 18.2 Å². The van der Waals surface area contributed by atoms with E-state index in [1.807, 2.05) is 0 Å². The van der Waals surface area contributed by atoms with E-state index in [1.165, 1.54) is 6.07 Å². The number of hydrogen-bond donors (Lipinski definition) is 0. The van der Waals surface area contributed by atoms with Gasteiger partial charge >= 0.3 is 0 Å². The fraction of sp³-hybridized carbons (Fsp3) is 0.417. The molecule has 15 heavy (non-hydrogen) atoms. The molecule has 1 aromatic carbocycles. The molecule has 2 rings (SSSR count). The first-order valence-electron chi connectivity index (χ1n) is 5.13. The Morgan fingerprint density at radius 2 is 2.20 bits per heavy atom. The summed E-state index contributed by atoms with van der Waals surface area (Å²) in [5, 5.41) is 0.393. The first-order chi connectivity index (χ1) is 7.16. The number of halogens is 2. The molecule has 0 aromatic heterocycles. The molecule has 1 aliphatic rings. The second kappa shape index (κ2) is 4.31.